The van der Waals surface area contributed by atoms with Crippen molar-refractivity contribution in [2.45, 2.75) is 13.3 Å². The molecule has 0 aliphatic carbocycles. The van der Waals surface area contributed by atoms with Crippen molar-refractivity contribution in [2.75, 3.05) is 38.6 Å². The molecule has 1 aliphatic heterocycles. The molecule has 1 fully saturated rings. The normalized spacial score (nSPS) is 19.8. The van der Waals surface area contributed by atoms with Crippen LogP contribution in [0.2, 0.25) is 5.02 Å². The summed E-state index contributed by atoms with van der Waals surface area (Å²) in [5, 5.41) is 3.60. The molecule has 1 heterocycles. The summed E-state index contributed by atoms with van der Waals surface area (Å²) < 4.78 is 5.11. The second-order valence-corrected chi connectivity index (χ2v) is 5.66. The largest absolute Gasteiger partial charge is 0.495 e. The second-order valence-electron chi connectivity index (χ2n) is 5.25. The summed E-state index contributed by atoms with van der Waals surface area (Å²) >= 11 is 6.07. The number of ether oxygens (including phenoxy) is 1. The highest BCUT2D eigenvalue weighted by Crippen LogP contribution is 2.27. The maximum Gasteiger partial charge on any atom is 0.193 e. The average Bonchev–Trinajstić information content (AvgIpc) is 2.93. The summed E-state index contributed by atoms with van der Waals surface area (Å²) in [6, 6.07) is 5.44. The Morgan fingerprint density at radius 2 is 2.38 bits per heavy atom. The molecule has 5 nitrogen and oxygen atoms in total. The van der Waals surface area contributed by atoms with E-state index in [0.29, 0.717) is 22.6 Å². The number of rotatable bonds is 5. The lowest BCUT2D eigenvalue weighted by molar-refractivity contribution is 0.344. The van der Waals surface area contributed by atoms with E-state index in [1.807, 2.05) is 6.07 Å². The second kappa shape index (κ2) is 7.52. The van der Waals surface area contributed by atoms with Gasteiger partial charge >= 0.3 is 0 Å². The van der Waals surface area contributed by atoms with Gasteiger partial charge in [-0.15, -0.1) is 0 Å². The first-order valence-corrected chi connectivity index (χ1v) is 7.63. The molecule has 116 valence electrons. The standard InChI is InChI=1S/C15H23ClN4O/c1-3-20-7-6-11(10-20)9-18-15(17)19-12-4-5-14(21-2)13(16)8-12/h4-5,8,11H,3,6-7,9-10H2,1-2H3,(H3,17,18,19). The van der Waals surface area contributed by atoms with Gasteiger partial charge in [0.1, 0.15) is 5.75 Å². The predicted octanol–water partition coefficient (Wildman–Crippen LogP) is 2.42. The number of hydrogen-bond donors (Lipinski definition) is 2. The predicted molar refractivity (Wildman–Crippen MR) is 88.3 cm³/mol. The van der Waals surface area contributed by atoms with Gasteiger partial charge in [0.2, 0.25) is 0 Å². The molecule has 0 spiro atoms. The zero-order chi connectivity index (χ0) is 15.2. The summed E-state index contributed by atoms with van der Waals surface area (Å²) in [5.74, 6) is 1.67. The number of aliphatic imine (C=N–C) groups is 1. The van der Waals surface area contributed by atoms with Crippen molar-refractivity contribution < 1.29 is 4.74 Å². The Labute approximate surface area is 131 Å². The van der Waals surface area contributed by atoms with Gasteiger partial charge in [-0.25, -0.2) is 0 Å². The monoisotopic (exact) mass is 310 g/mol. The van der Waals surface area contributed by atoms with Crippen molar-refractivity contribution in [1.29, 1.82) is 0 Å². The number of likely N-dealkylation sites (tertiary alicyclic amines) is 1. The van der Waals surface area contributed by atoms with E-state index in [2.05, 4.69) is 22.1 Å². The van der Waals surface area contributed by atoms with Gasteiger partial charge in [-0.2, -0.15) is 0 Å². The Morgan fingerprint density at radius 1 is 1.57 bits per heavy atom. The van der Waals surface area contributed by atoms with Crippen LogP contribution in [0.3, 0.4) is 0 Å². The fraction of sp³-hybridized carbons (Fsp3) is 0.533. The molecule has 0 aromatic heterocycles. The van der Waals surface area contributed by atoms with Crippen LogP contribution < -0.4 is 15.8 Å². The van der Waals surface area contributed by atoms with Gasteiger partial charge in [0, 0.05) is 18.8 Å². The van der Waals surface area contributed by atoms with Crippen molar-refractivity contribution in [1.82, 2.24) is 4.90 Å². The maximum absolute atomic E-state index is 6.07. The number of anilines is 1. The number of halogens is 1. The van der Waals surface area contributed by atoms with Crippen molar-refractivity contribution >= 4 is 23.2 Å². The highest BCUT2D eigenvalue weighted by Gasteiger charge is 2.20. The first kappa shape index (κ1) is 15.9. The van der Waals surface area contributed by atoms with E-state index in [-0.39, 0.29) is 0 Å². The van der Waals surface area contributed by atoms with Crippen molar-refractivity contribution in [2.24, 2.45) is 16.6 Å². The third kappa shape index (κ3) is 4.51. The van der Waals surface area contributed by atoms with Crippen LogP contribution in [0.15, 0.2) is 23.2 Å². The van der Waals surface area contributed by atoms with E-state index in [4.69, 9.17) is 22.1 Å². The van der Waals surface area contributed by atoms with Gasteiger partial charge in [0.05, 0.1) is 12.1 Å². The molecule has 0 radical (unpaired) electrons. The highest BCUT2D eigenvalue weighted by molar-refractivity contribution is 6.32. The molecule has 21 heavy (non-hydrogen) atoms. The quantitative estimate of drug-likeness (QED) is 0.647. The van der Waals surface area contributed by atoms with Crippen molar-refractivity contribution in [3.05, 3.63) is 23.2 Å². The fourth-order valence-electron chi connectivity index (χ4n) is 2.51. The topological polar surface area (TPSA) is 62.9 Å². The minimum atomic E-state index is 0.422. The Kier molecular flexibility index (Phi) is 5.70. The number of benzene rings is 1. The van der Waals surface area contributed by atoms with Gasteiger partial charge in [0.25, 0.3) is 0 Å². The minimum Gasteiger partial charge on any atom is -0.495 e. The summed E-state index contributed by atoms with van der Waals surface area (Å²) in [6.07, 6.45) is 1.19. The number of guanidine groups is 1. The zero-order valence-corrected chi connectivity index (χ0v) is 13.4. The molecule has 1 aromatic rings. The third-order valence-corrected chi connectivity index (χ3v) is 4.06. The first-order chi connectivity index (χ1) is 10.1. The van der Waals surface area contributed by atoms with Crippen LogP contribution in [-0.4, -0.2) is 44.1 Å². The SMILES string of the molecule is CCN1CCC(CN=C(N)Nc2ccc(OC)c(Cl)c2)C1. The Bertz CT molecular complexity index is 506. The molecule has 1 unspecified atom stereocenters. The lowest BCUT2D eigenvalue weighted by atomic mass is 10.1. The molecule has 6 heteroatoms. The number of nitrogens with one attached hydrogen (secondary N) is 1. The smallest absolute Gasteiger partial charge is 0.193 e. The van der Waals surface area contributed by atoms with Crippen LogP contribution in [0.25, 0.3) is 0 Å². The van der Waals surface area contributed by atoms with Gasteiger partial charge in [-0.3, -0.25) is 4.99 Å². The van der Waals surface area contributed by atoms with Gasteiger partial charge in [0.15, 0.2) is 5.96 Å². The summed E-state index contributed by atoms with van der Waals surface area (Å²) in [7, 11) is 1.59. The Morgan fingerprint density at radius 3 is 3.00 bits per heavy atom. The lowest BCUT2D eigenvalue weighted by Gasteiger charge is -2.12. The number of nitrogens with two attached hydrogens (primary N) is 1. The fourth-order valence-corrected chi connectivity index (χ4v) is 2.77. The van der Waals surface area contributed by atoms with Crippen LogP contribution in [0, 0.1) is 5.92 Å². The third-order valence-electron chi connectivity index (χ3n) is 3.76. The number of methoxy groups -OCH3 is 1. The molecular formula is C15H23ClN4O. The molecule has 0 bridgehead atoms. The zero-order valence-electron chi connectivity index (χ0n) is 12.6. The highest BCUT2D eigenvalue weighted by atomic mass is 35.5. The van der Waals surface area contributed by atoms with Crippen molar-refractivity contribution in [3.8, 4) is 5.75 Å². The van der Waals surface area contributed by atoms with Crippen LogP contribution >= 0.6 is 11.6 Å². The van der Waals surface area contributed by atoms with E-state index in [9.17, 15) is 0 Å². The van der Waals surface area contributed by atoms with E-state index in [0.717, 1.165) is 31.9 Å². The summed E-state index contributed by atoms with van der Waals surface area (Å²) in [6.45, 7) is 6.34. The maximum atomic E-state index is 6.07. The molecule has 1 atom stereocenters. The minimum absolute atomic E-state index is 0.422. The number of hydrogen-bond acceptors (Lipinski definition) is 3. The van der Waals surface area contributed by atoms with E-state index < -0.39 is 0 Å². The number of nitrogens with zero attached hydrogens (tertiary/aromatic N) is 2. The summed E-state index contributed by atoms with van der Waals surface area (Å²) in [5.41, 5.74) is 6.73. The molecule has 1 aliphatic rings. The summed E-state index contributed by atoms with van der Waals surface area (Å²) in [4.78, 5) is 6.86. The van der Waals surface area contributed by atoms with E-state index in [1.165, 1.54) is 6.42 Å². The molecule has 1 aromatic carbocycles. The van der Waals surface area contributed by atoms with Crippen LogP contribution in [0.1, 0.15) is 13.3 Å². The first-order valence-electron chi connectivity index (χ1n) is 7.25. The molecular weight excluding hydrogens is 288 g/mol. The lowest BCUT2D eigenvalue weighted by Crippen LogP contribution is -2.25. The van der Waals surface area contributed by atoms with Crippen LogP contribution in [0.4, 0.5) is 5.69 Å². The molecule has 2 rings (SSSR count). The molecule has 0 saturated carbocycles. The average molecular weight is 311 g/mol. The Balaban J connectivity index is 1.87. The molecule has 1 saturated heterocycles. The van der Waals surface area contributed by atoms with E-state index in [1.54, 1.807) is 19.2 Å². The molecule has 0 amide bonds. The van der Waals surface area contributed by atoms with Gasteiger partial charge in [-0.1, -0.05) is 18.5 Å². The Hall–Kier alpha value is -1.46. The van der Waals surface area contributed by atoms with Gasteiger partial charge in [-0.05, 0) is 43.6 Å². The van der Waals surface area contributed by atoms with E-state index >= 15 is 0 Å². The van der Waals surface area contributed by atoms with Crippen molar-refractivity contribution in [3.63, 3.8) is 0 Å². The van der Waals surface area contributed by atoms with Gasteiger partial charge < -0.3 is 20.7 Å². The van der Waals surface area contributed by atoms with Crippen LogP contribution in [-0.2, 0) is 0 Å². The molecule has 3 N–H and O–H groups in total. The van der Waals surface area contributed by atoms with Crippen LogP contribution in [0.5, 0.6) is 5.75 Å².